The van der Waals surface area contributed by atoms with Crippen molar-refractivity contribution in [3.8, 4) is 17.3 Å². The minimum atomic E-state index is -2.93. The van der Waals surface area contributed by atoms with E-state index in [1.165, 1.54) is 18.2 Å². The molecular weight excluding hydrogens is 316 g/mol. The van der Waals surface area contributed by atoms with Gasteiger partial charge < -0.3 is 9.30 Å². The molecule has 0 aliphatic heterocycles. The summed E-state index contributed by atoms with van der Waals surface area (Å²) < 4.78 is 30.5. The Balaban J connectivity index is 1.80. The highest BCUT2D eigenvalue weighted by molar-refractivity contribution is 5.96. The van der Waals surface area contributed by atoms with Crippen molar-refractivity contribution in [2.45, 2.75) is 13.2 Å². The molecule has 0 radical (unpaired) electrons. The molecule has 0 aliphatic carbocycles. The van der Waals surface area contributed by atoms with Crippen molar-refractivity contribution in [3.05, 3.63) is 66.6 Å². The van der Waals surface area contributed by atoms with Crippen LogP contribution in [0.4, 0.5) is 8.78 Å². The number of benzene rings is 1. The van der Waals surface area contributed by atoms with Crippen LogP contribution in [0, 0.1) is 0 Å². The number of aromatic nitrogens is 3. The predicted molar refractivity (Wildman–Crippen MR) is 82.9 cm³/mol. The zero-order valence-corrected chi connectivity index (χ0v) is 12.5. The third-order valence-electron chi connectivity index (χ3n) is 3.30. The number of carbonyl (C=O) groups excluding carboxylic acids is 1. The van der Waals surface area contributed by atoms with E-state index in [2.05, 4.69) is 14.7 Å². The van der Waals surface area contributed by atoms with E-state index >= 15 is 0 Å². The van der Waals surface area contributed by atoms with Gasteiger partial charge in [-0.05, 0) is 24.3 Å². The second kappa shape index (κ2) is 6.99. The molecule has 7 heteroatoms. The van der Waals surface area contributed by atoms with E-state index in [1.54, 1.807) is 41.4 Å². The lowest BCUT2D eigenvalue weighted by Gasteiger charge is -2.08. The lowest BCUT2D eigenvalue weighted by atomic mass is 10.1. The molecule has 3 aromatic rings. The van der Waals surface area contributed by atoms with E-state index in [9.17, 15) is 13.6 Å². The zero-order chi connectivity index (χ0) is 16.9. The minimum Gasteiger partial charge on any atom is -0.435 e. The molecule has 0 aliphatic rings. The van der Waals surface area contributed by atoms with Gasteiger partial charge >= 0.3 is 6.61 Å². The quantitative estimate of drug-likeness (QED) is 0.650. The second-order valence-electron chi connectivity index (χ2n) is 4.92. The summed E-state index contributed by atoms with van der Waals surface area (Å²) in [6, 6.07) is 11.1. The molecule has 0 fully saturated rings. The van der Waals surface area contributed by atoms with Crippen molar-refractivity contribution in [1.82, 2.24) is 14.5 Å². The molecule has 0 atom stereocenters. The van der Waals surface area contributed by atoms with Gasteiger partial charge in [-0.2, -0.15) is 8.78 Å². The van der Waals surface area contributed by atoms with Crippen LogP contribution in [0.5, 0.6) is 5.75 Å². The van der Waals surface area contributed by atoms with Gasteiger partial charge in [-0.15, -0.1) is 0 Å². The first-order chi connectivity index (χ1) is 11.6. The van der Waals surface area contributed by atoms with Crippen molar-refractivity contribution in [2.24, 2.45) is 0 Å². The maximum absolute atomic E-state index is 12.4. The number of carbonyl (C=O) groups is 1. The van der Waals surface area contributed by atoms with Gasteiger partial charge in [0.2, 0.25) is 0 Å². The standard InChI is InChI=1S/C17H13F2N3O2/c18-17(19)24-13-5-3-4-12(10-13)15(23)11-22-9-8-21-16(22)14-6-1-2-7-20-14/h1-10,17H,11H2. The number of rotatable bonds is 6. The summed E-state index contributed by atoms with van der Waals surface area (Å²) in [7, 11) is 0. The van der Waals surface area contributed by atoms with Gasteiger partial charge in [-0.1, -0.05) is 18.2 Å². The molecule has 0 bridgehead atoms. The SMILES string of the molecule is O=C(Cn1ccnc1-c1ccccn1)c1cccc(OC(F)F)c1. The van der Waals surface area contributed by atoms with Gasteiger partial charge in [0.15, 0.2) is 11.6 Å². The van der Waals surface area contributed by atoms with Crippen LogP contribution < -0.4 is 4.74 Å². The van der Waals surface area contributed by atoms with Gasteiger partial charge in [-0.3, -0.25) is 9.78 Å². The Bertz CT molecular complexity index is 835. The normalized spacial score (nSPS) is 10.8. The lowest BCUT2D eigenvalue weighted by Crippen LogP contribution is -2.11. The number of nitrogens with zero attached hydrogens (tertiary/aromatic N) is 3. The average molecular weight is 329 g/mol. The minimum absolute atomic E-state index is 0.0179. The topological polar surface area (TPSA) is 57.0 Å². The maximum atomic E-state index is 12.4. The van der Waals surface area contributed by atoms with E-state index < -0.39 is 6.61 Å². The highest BCUT2D eigenvalue weighted by atomic mass is 19.3. The van der Waals surface area contributed by atoms with Gasteiger partial charge in [0.05, 0.1) is 6.54 Å². The van der Waals surface area contributed by atoms with Crippen LogP contribution in [-0.2, 0) is 6.54 Å². The Hall–Kier alpha value is -3.09. The molecule has 0 spiro atoms. The van der Waals surface area contributed by atoms with Crippen molar-refractivity contribution >= 4 is 5.78 Å². The number of hydrogen-bond donors (Lipinski definition) is 0. The Morgan fingerprint density at radius 2 is 2.00 bits per heavy atom. The second-order valence-corrected chi connectivity index (χ2v) is 4.92. The number of pyridine rings is 1. The van der Waals surface area contributed by atoms with Crippen LogP contribution in [0.15, 0.2) is 61.1 Å². The number of alkyl halides is 2. The van der Waals surface area contributed by atoms with Crippen molar-refractivity contribution in [2.75, 3.05) is 0 Å². The number of halogens is 2. The fourth-order valence-corrected chi connectivity index (χ4v) is 2.26. The van der Waals surface area contributed by atoms with Crippen molar-refractivity contribution < 1.29 is 18.3 Å². The summed E-state index contributed by atoms with van der Waals surface area (Å²) in [4.78, 5) is 20.8. The summed E-state index contributed by atoms with van der Waals surface area (Å²) >= 11 is 0. The summed E-state index contributed by atoms with van der Waals surface area (Å²) in [6.07, 6.45) is 4.89. The summed E-state index contributed by atoms with van der Waals surface area (Å²) in [6.45, 7) is -2.91. The third-order valence-corrected chi connectivity index (χ3v) is 3.30. The van der Waals surface area contributed by atoms with E-state index in [-0.39, 0.29) is 23.6 Å². The smallest absolute Gasteiger partial charge is 0.387 e. The number of imidazole rings is 1. The molecule has 5 nitrogen and oxygen atoms in total. The number of ketones is 1. The van der Waals surface area contributed by atoms with Gasteiger partial charge in [0.1, 0.15) is 11.4 Å². The van der Waals surface area contributed by atoms with E-state index in [4.69, 9.17) is 0 Å². The number of hydrogen-bond acceptors (Lipinski definition) is 4. The monoisotopic (exact) mass is 329 g/mol. The van der Waals surface area contributed by atoms with Crippen LogP contribution in [0.2, 0.25) is 0 Å². The third kappa shape index (κ3) is 3.62. The Kier molecular flexibility index (Phi) is 4.60. The maximum Gasteiger partial charge on any atom is 0.387 e. The Morgan fingerprint density at radius 3 is 2.75 bits per heavy atom. The zero-order valence-electron chi connectivity index (χ0n) is 12.5. The van der Waals surface area contributed by atoms with Crippen LogP contribution in [0.3, 0.4) is 0 Å². The predicted octanol–water partition coefficient (Wildman–Crippen LogP) is 3.43. The molecular formula is C17H13F2N3O2. The molecule has 1 aromatic carbocycles. The molecule has 0 N–H and O–H groups in total. The van der Waals surface area contributed by atoms with E-state index in [0.717, 1.165) is 0 Å². The van der Waals surface area contributed by atoms with Crippen LogP contribution >= 0.6 is 0 Å². The van der Waals surface area contributed by atoms with Crippen molar-refractivity contribution in [1.29, 1.82) is 0 Å². The largest absolute Gasteiger partial charge is 0.435 e. The highest BCUT2D eigenvalue weighted by Gasteiger charge is 2.13. The molecule has 0 saturated heterocycles. The first-order valence-corrected chi connectivity index (χ1v) is 7.14. The summed E-state index contributed by atoms with van der Waals surface area (Å²) in [5.41, 5.74) is 0.930. The van der Waals surface area contributed by atoms with Crippen LogP contribution in [0.25, 0.3) is 11.5 Å². The van der Waals surface area contributed by atoms with Gasteiger partial charge in [0, 0.05) is 24.2 Å². The fourth-order valence-electron chi connectivity index (χ4n) is 2.26. The van der Waals surface area contributed by atoms with Crippen LogP contribution in [0.1, 0.15) is 10.4 Å². The molecule has 3 rings (SSSR count). The van der Waals surface area contributed by atoms with E-state index in [1.807, 2.05) is 6.07 Å². The molecule has 0 saturated carbocycles. The Morgan fingerprint density at radius 1 is 1.12 bits per heavy atom. The number of Topliss-reactive ketones (excluding diaryl/α,β-unsaturated/α-hetero) is 1. The van der Waals surface area contributed by atoms with Gasteiger partial charge in [-0.25, -0.2) is 4.98 Å². The lowest BCUT2D eigenvalue weighted by molar-refractivity contribution is -0.0498. The molecule has 2 heterocycles. The van der Waals surface area contributed by atoms with Gasteiger partial charge in [0.25, 0.3) is 0 Å². The molecule has 0 unspecified atom stereocenters. The highest BCUT2D eigenvalue weighted by Crippen LogP contribution is 2.18. The van der Waals surface area contributed by atoms with Crippen LogP contribution in [-0.4, -0.2) is 26.9 Å². The van der Waals surface area contributed by atoms with Crippen molar-refractivity contribution in [3.63, 3.8) is 0 Å². The number of ether oxygens (including phenoxy) is 1. The first-order valence-electron chi connectivity index (χ1n) is 7.14. The Labute approximate surface area is 136 Å². The average Bonchev–Trinajstić information content (AvgIpc) is 3.03. The molecule has 2 aromatic heterocycles. The molecule has 24 heavy (non-hydrogen) atoms. The molecule has 122 valence electrons. The summed E-state index contributed by atoms with van der Waals surface area (Å²) in [5, 5.41) is 0. The molecule has 0 amide bonds. The first kappa shape index (κ1) is 15.8. The van der Waals surface area contributed by atoms with E-state index in [0.29, 0.717) is 11.5 Å². The fraction of sp³-hybridized carbons (Fsp3) is 0.118. The summed E-state index contributed by atoms with van der Waals surface area (Å²) in [5.74, 6) is 0.264.